The molecule has 3 fully saturated rings. The molecule has 0 aromatic carbocycles. The first-order valence-corrected chi connectivity index (χ1v) is 9.33. The van der Waals surface area contributed by atoms with Gasteiger partial charge in [-0.15, -0.1) is 6.42 Å². The van der Waals surface area contributed by atoms with E-state index >= 15 is 0 Å². The van der Waals surface area contributed by atoms with E-state index in [4.69, 9.17) is 6.42 Å². The molecule has 0 aromatic rings. The van der Waals surface area contributed by atoms with E-state index in [1.807, 2.05) is 6.08 Å². The Hall–Kier alpha value is -1.07. The highest BCUT2D eigenvalue weighted by Gasteiger charge is 2.62. The Morgan fingerprint density at radius 1 is 1.30 bits per heavy atom. The van der Waals surface area contributed by atoms with Crippen LogP contribution in [0.15, 0.2) is 11.6 Å². The van der Waals surface area contributed by atoms with Crippen LogP contribution >= 0.6 is 0 Å². The Bertz CT molecular complexity index is 612. The molecular formula is C21H28O2. The summed E-state index contributed by atoms with van der Waals surface area (Å²) < 4.78 is 0. The number of carbonyl (C=O) groups excluding carboxylic acids is 1. The second-order valence-electron chi connectivity index (χ2n) is 8.86. The molecule has 0 unspecified atom stereocenters. The summed E-state index contributed by atoms with van der Waals surface area (Å²) in [6, 6.07) is 0. The normalized spacial score (nSPS) is 52.0. The third-order valence-electron chi connectivity index (χ3n) is 8.03. The van der Waals surface area contributed by atoms with Crippen LogP contribution in [-0.2, 0) is 4.79 Å². The minimum atomic E-state index is -0.916. The van der Waals surface area contributed by atoms with E-state index < -0.39 is 5.60 Å². The lowest BCUT2D eigenvalue weighted by atomic mass is 9.48. The van der Waals surface area contributed by atoms with Crippen molar-refractivity contribution in [2.45, 2.75) is 64.4 Å². The smallest absolute Gasteiger partial charge is 0.155 e. The van der Waals surface area contributed by atoms with E-state index in [1.54, 1.807) is 0 Å². The number of ketones is 1. The molecule has 7 atom stereocenters. The standard InChI is InChI=1S/C21H28O2/c1-4-21(23)10-8-18-19-13(2)11-14-12-15(22)5-6-16(14)17(19)7-9-20(18,21)3/h1,12-13,16-19,23H,5-11H2,2-3H3/t13-,16-,17-,18-,19+,20+,21+/m1/s1. The molecule has 0 amide bonds. The van der Waals surface area contributed by atoms with Crippen LogP contribution in [0.1, 0.15) is 58.8 Å². The lowest BCUT2D eigenvalue weighted by Crippen LogP contribution is -2.53. The molecule has 0 spiro atoms. The molecule has 0 bridgehead atoms. The van der Waals surface area contributed by atoms with Crippen LogP contribution < -0.4 is 0 Å². The molecule has 2 heteroatoms. The summed E-state index contributed by atoms with van der Waals surface area (Å²) in [6.45, 7) is 4.59. The van der Waals surface area contributed by atoms with Gasteiger partial charge in [-0.2, -0.15) is 0 Å². The summed E-state index contributed by atoms with van der Waals surface area (Å²) in [7, 11) is 0. The first kappa shape index (κ1) is 15.5. The van der Waals surface area contributed by atoms with E-state index in [2.05, 4.69) is 19.8 Å². The molecule has 4 aliphatic rings. The molecule has 0 saturated heterocycles. The van der Waals surface area contributed by atoms with Crippen LogP contribution in [0.5, 0.6) is 0 Å². The topological polar surface area (TPSA) is 37.3 Å². The quantitative estimate of drug-likeness (QED) is 0.692. The van der Waals surface area contributed by atoms with Gasteiger partial charge in [0.1, 0.15) is 5.60 Å². The van der Waals surface area contributed by atoms with Gasteiger partial charge in [-0.05, 0) is 74.2 Å². The second-order valence-corrected chi connectivity index (χ2v) is 8.86. The number of terminal acetylenes is 1. The molecule has 23 heavy (non-hydrogen) atoms. The maximum absolute atomic E-state index is 11.8. The van der Waals surface area contributed by atoms with Gasteiger partial charge in [-0.1, -0.05) is 25.3 Å². The zero-order chi connectivity index (χ0) is 16.4. The van der Waals surface area contributed by atoms with Crippen LogP contribution in [0, 0.1) is 47.3 Å². The van der Waals surface area contributed by atoms with Gasteiger partial charge >= 0.3 is 0 Å². The maximum Gasteiger partial charge on any atom is 0.155 e. The van der Waals surface area contributed by atoms with Gasteiger partial charge in [0.15, 0.2) is 5.78 Å². The fourth-order valence-electron chi connectivity index (χ4n) is 6.84. The zero-order valence-corrected chi connectivity index (χ0v) is 14.3. The summed E-state index contributed by atoms with van der Waals surface area (Å²) in [6.07, 6.45) is 14.5. The summed E-state index contributed by atoms with van der Waals surface area (Å²) in [5.41, 5.74) is 0.382. The van der Waals surface area contributed by atoms with Gasteiger partial charge in [0.25, 0.3) is 0 Å². The summed E-state index contributed by atoms with van der Waals surface area (Å²) in [4.78, 5) is 11.8. The van der Waals surface area contributed by atoms with Crippen molar-refractivity contribution in [3.8, 4) is 12.3 Å². The molecule has 1 N–H and O–H groups in total. The highest BCUT2D eigenvalue weighted by atomic mass is 16.3. The number of aliphatic hydroxyl groups is 1. The minimum Gasteiger partial charge on any atom is -0.377 e. The molecule has 0 aromatic heterocycles. The largest absolute Gasteiger partial charge is 0.377 e. The second kappa shape index (κ2) is 4.96. The number of carbonyl (C=O) groups is 1. The fourth-order valence-corrected chi connectivity index (χ4v) is 6.84. The third kappa shape index (κ3) is 1.96. The average Bonchev–Trinajstić information content (AvgIpc) is 2.79. The number of allylic oxidation sites excluding steroid dienone is 1. The van der Waals surface area contributed by atoms with Gasteiger partial charge in [0.05, 0.1) is 0 Å². The van der Waals surface area contributed by atoms with Crippen LogP contribution in [-0.4, -0.2) is 16.5 Å². The van der Waals surface area contributed by atoms with Gasteiger partial charge in [0, 0.05) is 11.8 Å². The molecule has 4 aliphatic carbocycles. The van der Waals surface area contributed by atoms with Crippen LogP contribution in [0.2, 0.25) is 0 Å². The molecule has 3 saturated carbocycles. The number of hydrogen-bond acceptors (Lipinski definition) is 2. The Balaban J connectivity index is 1.70. The first-order valence-electron chi connectivity index (χ1n) is 9.33. The monoisotopic (exact) mass is 312 g/mol. The van der Waals surface area contributed by atoms with Crippen molar-refractivity contribution < 1.29 is 9.90 Å². The van der Waals surface area contributed by atoms with Crippen LogP contribution in [0.25, 0.3) is 0 Å². The van der Waals surface area contributed by atoms with Crippen molar-refractivity contribution in [2.24, 2.45) is 35.0 Å². The van der Waals surface area contributed by atoms with Crippen LogP contribution in [0.4, 0.5) is 0 Å². The lowest BCUT2D eigenvalue weighted by Gasteiger charge is -2.56. The number of hydrogen-bond donors (Lipinski definition) is 1. The minimum absolute atomic E-state index is 0.122. The van der Waals surface area contributed by atoms with E-state index in [9.17, 15) is 9.90 Å². The third-order valence-corrected chi connectivity index (χ3v) is 8.03. The van der Waals surface area contributed by atoms with Gasteiger partial charge in [-0.25, -0.2) is 0 Å². The maximum atomic E-state index is 11.8. The lowest BCUT2D eigenvalue weighted by molar-refractivity contribution is -0.117. The highest BCUT2D eigenvalue weighted by molar-refractivity contribution is 5.91. The Kier molecular flexibility index (Phi) is 3.34. The molecule has 0 heterocycles. The SMILES string of the molecule is C#C[C@]1(O)CC[C@@H]2[C@@H]3[C@H](CC[C@@]21C)[C@@H]1CCC(=O)C=C1C[C@H]3C. The van der Waals surface area contributed by atoms with Crippen molar-refractivity contribution in [2.75, 3.05) is 0 Å². The van der Waals surface area contributed by atoms with Crippen molar-refractivity contribution in [1.29, 1.82) is 0 Å². The first-order chi connectivity index (χ1) is 10.9. The zero-order valence-electron chi connectivity index (χ0n) is 14.3. The van der Waals surface area contributed by atoms with E-state index in [0.29, 0.717) is 35.4 Å². The molecule has 0 radical (unpaired) electrons. The Morgan fingerprint density at radius 2 is 2.09 bits per heavy atom. The predicted octanol–water partition coefficient (Wildman–Crippen LogP) is 3.74. The van der Waals surface area contributed by atoms with Gasteiger partial charge in [0.2, 0.25) is 0 Å². The molecule has 0 aliphatic heterocycles. The Labute approximate surface area is 139 Å². The highest BCUT2D eigenvalue weighted by Crippen LogP contribution is 2.65. The Morgan fingerprint density at radius 3 is 2.83 bits per heavy atom. The van der Waals surface area contributed by atoms with Crippen molar-refractivity contribution >= 4 is 5.78 Å². The fraction of sp³-hybridized carbons (Fsp3) is 0.762. The van der Waals surface area contributed by atoms with Gasteiger partial charge in [-0.3, -0.25) is 4.79 Å². The number of fused-ring (bicyclic) bond motifs is 5. The molecular weight excluding hydrogens is 284 g/mol. The summed E-state index contributed by atoms with van der Waals surface area (Å²) >= 11 is 0. The summed E-state index contributed by atoms with van der Waals surface area (Å²) in [5.74, 6) is 6.17. The van der Waals surface area contributed by atoms with E-state index in [0.717, 1.165) is 44.9 Å². The van der Waals surface area contributed by atoms with E-state index in [1.165, 1.54) is 5.57 Å². The summed E-state index contributed by atoms with van der Waals surface area (Å²) in [5, 5.41) is 11.0. The van der Waals surface area contributed by atoms with Crippen molar-refractivity contribution in [3.63, 3.8) is 0 Å². The van der Waals surface area contributed by atoms with Crippen LogP contribution in [0.3, 0.4) is 0 Å². The molecule has 124 valence electrons. The molecule has 4 rings (SSSR count). The van der Waals surface area contributed by atoms with Crippen molar-refractivity contribution in [3.05, 3.63) is 11.6 Å². The number of rotatable bonds is 0. The van der Waals surface area contributed by atoms with E-state index in [-0.39, 0.29) is 5.41 Å². The average molecular weight is 312 g/mol. The van der Waals surface area contributed by atoms with Crippen molar-refractivity contribution in [1.82, 2.24) is 0 Å². The predicted molar refractivity (Wildman–Crippen MR) is 90.4 cm³/mol. The van der Waals surface area contributed by atoms with Gasteiger partial charge < -0.3 is 5.11 Å². The molecule has 2 nitrogen and oxygen atoms in total.